The minimum Gasteiger partial charge on any atom is -0.493 e. The fraction of sp³-hybridized carbons (Fsp3) is 0.333. The van der Waals surface area contributed by atoms with Gasteiger partial charge in [0.15, 0.2) is 5.82 Å². The lowest BCUT2D eigenvalue weighted by atomic mass is 10.1. The number of sulfonamides is 1. The first-order valence-corrected chi connectivity index (χ1v) is 11.0. The highest BCUT2D eigenvalue weighted by molar-refractivity contribution is 7.89. The van der Waals surface area contributed by atoms with Crippen molar-refractivity contribution in [3.63, 3.8) is 0 Å². The average molecular weight is 413 g/mol. The quantitative estimate of drug-likeness (QED) is 0.591. The van der Waals surface area contributed by atoms with E-state index in [4.69, 9.17) is 9.26 Å². The molecule has 1 unspecified atom stereocenters. The molecule has 0 spiro atoms. The predicted octanol–water partition coefficient (Wildman–Crippen LogP) is 3.18. The Bertz CT molecular complexity index is 1070. The van der Waals surface area contributed by atoms with E-state index in [1.54, 1.807) is 30.3 Å². The summed E-state index contributed by atoms with van der Waals surface area (Å²) in [7, 11) is -3.50. The van der Waals surface area contributed by atoms with Crippen LogP contribution in [0.15, 0.2) is 64.0 Å². The van der Waals surface area contributed by atoms with Gasteiger partial charge in [0.05, 0.1) is 17.4 Å². The number of rotatable bonds is 7. The van der Waals surface area contributed by atoms with Crippen LogP contribution in [0.5, 0.6) is 5.75 Å². The molecule has 2 aromatic carbocycles. The summed E-state index contributed by atoms with van der Waals surface area (Å²) in [4.78, 5) is 4.76. The third-order valence-electron chi connectivity index (χ3n) is 4.95. The molecule has 0 aliphatic carbocycles. The molecule has 8 heteroatoms. The molecular weight excluding hydrogens is 390 g/mol. The smallest absolute Gasteiger partial charge is 0.243 e. The zero-order valence-corrected chi connectivity index (χ0v) is 17.0. The summed E-state index contributed by atoms with van der Waals surface area (Å²) in [5.74, 6) is 1.78. The van der Waals surface area contributed by atoms with E-state index in [1.165, 1.54) is 4.31 Å². The Morgan fingerprint density at radius 1 is 1.17 bits per heavy atom. The van der Waals surface area contributed by atoms with Gasteiger partial charge in [-0.2, -0.15) is 9.29 Å². The minimum absolute atomic E-state index is 0.0903. The van der Waals surface area contributed by atoms with Crippen LogP contribution in [0.4, 0.5) is 0 Å². The molecule has 1 fully saturated rings. The maximum absolute atomic E-state index is 12.8. The third kappa shape index (κ3) is 4.49. The highest BCUT2D eigenvalue weighted by Crippen LogP contribution is 2.30. The van der Waals surface area contributed by atoms with E-state index in [0.717, 1.165) is 11.3 Å². The van der Waals surface area contributed by atoms with E-state index in [-0.39, 0.29) is 5.92 Å². The van der Waals surface area contributed by atoms with Crippen LogP contribution in [-0.4, -0.2) is 42.6 Å². The van der Waals surface area contributed by atoms with Crippen molar-refractivity contribution in [3.05, 3.63) is 71.9 Å². The van der Waals surface area contributed by atoms with Gasteiger partial charge in [-0.1, -0.05) is 35.5 Å². The second-order valence-electron chi connectivity index (χ2n) is 7.13. The van der Waals surface area contributed by atoms with Crippen LogP contribution >= 0.6 is 0 Å². The average Bonchev–Trinajstić information content (AvgIpc) is 3.39. The lowest BCUT2D eigenvalue weighted by Gasteiger charge is -2.15. The van der Waals surface area contributed by atoms with Gasteiger partial charge in [-0.25, -0.2) is 8.42 Å². The SMILES string of the molecule is Cc1cccc(OCCc2noc(C3CCN(S(=O)(=O)c4ccccc4)C3)n2)c1. The van der Waals surface area contributed by atoms with E-state index >= 15 is 0 Å². The van der Waals surface area contributed by atoms with Crippen molar-refractivity contribution in [1.82, 2.24) is 14.4 Å². The van der Waals surface area contributed by atoms with E-state index in [1.807, 2.05) is 31.2 Å². The third-order valence-corrected chi connectivity index (χ3v) is 6.83. The molecule has 0 saturated carbocycles. The van der Waals surface area contributed by atoms with Crippen LogP contribution in [0.3, 0.4) is 0 Å². The Hall–Kier alpha value is -2.71. The summed E-state index contributed by atoms with van der Waals surface area (Å²) in [6.45, 7) is 3.25. The van der Waals surface area contributed by atoms with Crippen molar-refractivity contribution in [2.45, 2.75) is 30.6 Å². The topological polar surface area (TPSA) is 85.5 Å². The lowest BCUT2D eigenvalue weighted by molar-refractivity contribution is 0.312. The van der Waals surface area contributed by atoms with E-state index in [9.17, 15) is 8.42 Å². The van der Waals surface area contributed by atoms with Crippen molar-refractivity contribution >= 4 is 10.0 Å². The van der Waals surface area contributed by atoms with Crippen molar-refractivity contribution in [2.75, 3.05) is 19.7 Å². The minimum atomic E-state index is -3.50. The van der Waals surface area contributed by atoms with Crippen LogP contribution in [0.2, 0.25) is 0 Å². The zero-order chi connectivity index (χ0) is 20.3. The maximum atomic E-state index is 12.8. The number of aryl methyl sites for hydroxylation is 1. The van der Waals surface area contributed by atoms with Crippen LogP contribution in [0, 0.1) is 6.92 Å². The first kappa shape index (κ1) is 19.6. The van der Waals surface area contributed by atoms with Gasteiger partial charge in [-0.3, -0.25) is 0 Å². The molecule has 1 atom stereocenters. The lowest BCUT2D eigenvalue weighted by Crippen LogP contribution is -2.28. The molecule has 3 aromatic rings. The van der Waals surface area contributed by atoms with Gasteiger partial charge in [-0.15, -0.1) is 0 Å². The van der Waals surface area contributed by atoms with Gasteiger partial charge in [-0.05, 0) is 43.2 Å². The first-order chi connectivity index (χ1) is 14.0. The molecule has 29 heavy (non-hydrogen) atoms. The number of nitrogens with zero attached hydrogens (tertiary/aromatic N) is 3. The number of hydrogen-bond acceptors (Lipinski definition) is 6. The van der Waals surface area contributed by atoms with Gasteiger partial charge in [0.2, 0.25) is 15.9 Å². The number of hydrogen-bond donors (Lipinski definition) is 0. The summed E-state index contributed by atoms with van der Waals surface area (Å²) < 4.78 is 38.1. The predicted molar refractivity (Wildman–Crippen MR) is 107 cm³/mol. The van der Waals surface area contributed by atoms with Gasteiger partial charge < -0.3 is 9.26 Å². The van der Waals surface area contributed by atoms with Crippen molar-refractivity contribution in [2.24, 2.45) is 0 Å². The molecule has 2 heterocycles. The first-order valence-electron chi connectivity index (χ1n) is 9.59. The van der Waals surface area contributed by atoms with E-state index < -0.39 is 10.0 Å². The van der Waals surface area contributed by atoms with Crippen molar-refractivity contribution < 1.29 is 17.7 Å². The monoisotopic (exact) mass is 413 g/mol. The summed E-state index contributed by atoms with van der Waals surface area (Å²) in [5, 5.41) is 4.02. The molecule has 4 rings (SSSR count). The van der Waals surface area contributed by atoms with Crippen LogP contribution in [0.25, 0.3) is 0 Å². The Labute approximate surface area is 170 Å². The van der Waals surface area contributed by atoms with Gasteiger partial charge in [0, 0.05) is 19.5 Å². The molecule has 0 radical (unpaired) electrons. The van der Waals surface area contributed by atoms with Crippen molar-refractivity contribution in [1.29, 1.82) is 0 Å². The molecule has 0 bridgehead atoms. The normalized spacial score (nSPS) is 17.5. The summed E-state index contributed by atoms with van der Waals surface area (Å²) in [5.41, 5.74) is 1.14. The van der Waals surface area contributed by atoms with Gasteiger partial charge in [0.25, 0.3) is 0 Å². The fourth-order valence-corrected chi connectivity index (χ4v) is 4.91. The Morgan fingerprint density at radius 3 is 2.79 bits per heavy atom. The maximum Gasteiger partial charge on any atom is 0.243 e. The highest BCUT2D eigenvalue weighted by Gasteiger charge is 2.35. The Balaban J connectivity index is 1.34. The summed E-state index contributed by atoms with van der Waals surface area (Å²) >= 11 is 0. The van der Waals surface area contributed by atoms with Crippen LogP contribution in [0.1, 0.15) is 29.6 Å². The number of benzene rings is 2. The van der Waals surface area contributed by atoms with Crippen LogP contribution < -0.4 is 4.74 Å². The molecule has 1 aliphatic heterocycles. The molecule has 152 valence electrons. The molecule has 1 saturated heterocycles. The number of ether oxygens (including phenoxy) is 1. The van der Waals surface area contributed by atoms with Gasteiger partial charge >= 0.3 is 0 Å². The largest absolute Gasteiger partial charge is 0.493 e. The second kappa shape index (κ2) is 8.34. The molecule has 0 amide bonds. The fourth-order valence-electron chi connectivity index (χ4n) is 3.39. The zero-order valence-electron chi connectivity index (χ0n) is 16.2. The van der Waals surface area contributed by atoms with Crippen LogP contribution in [-0.2, 0) is 16.4 Å². The Kier molecular flexibility index (Phi) is 5.64. The molecule has 0 N–H and O–H groups in total. The molecule has 1 aliphatic rings. The van der Waals surface area contributed by atoms with E-state index in [2.05, 4.69) is 10.1 Å². The van der Waals surface area contributed by atoms with Gasteiger partial charge in [0.1, 0.15) is 5.75 Å². The molecule has 1 aromatic heterocycles. The number of aromatic nitrogens is 2. The summed E-state index contributed by atoms with van der Waals surface area (Å²) in [6.07, 6.45) is 1.18. The standard InChI is InChI=1S/C21H23N3O4S/c1-16-6-5-7-18(14-16)27-13-11-20-22-21(28-23-20)17-10-12-24(15-17)29(25,26)19-8-3-2-4-9-19/h2-9,14,17H,10-13,15H2,1H3. The van der Waals surface area contributed by atoms with Crippen molar-refractivity contribution in [3.8, 4) is 5.75 Å². The van der Waals surface area contributed by atoms with E-state index in [0.29, 0.717) is 49.1 Å². The molecule has 7 nitrogen and oxygen atoms in total. The molecular formula is C21H23N3O4S. The second-order valence-corrected chi connectivity index (χ2v) is 9.06. The summed E-state index contributed by atoms with van der Waals surface area (Å²) in [6, 6.07) is 16.3. The highest BCUT2D eigenvalue weighted by atomic mass is 32.2. The Morgan fingerprint density at radius 2 is 2.00 bits per heavy atom.